The molecule has 3 heteroatoms. The van der Waals surface area contributed by atoms with Crippen LogP contribution in [0.2, 0.25) is 0 Å². The SMILES string of the molecule is Cc1cc(C)n2nc(C)c(C(C)(C)C)c2n1. The summed E-state index contributed by atoms with van der Waals surface area (Å²) in [5, 5.41) is 4.57. The number of aromatic nitrogens is 3. The van der Waals surface area contributed by atoms with E-state index in [0.29, 0.717) is 0 Å². The summed E-state index contributed by atoms with van der Waals surface area (Å²) < 4.78 is 1.95. The lowest BCUT2D eigenvalue weighted by atomic mass is 9.87. The first-order chi connectivity index (χ1) is 7.30. The highest BCUT2D eigenvalue weighted by Crippen LogP contribution is 2.29. The van der Waals surface area contributed by atoms with E-state index in [4.69, 9.17) is 0 Å². The smallest absolute Gasteiger partial charge is 0.159 e. The van der Waals surface area contributed by atoms with Crippen LogP contribution in [0.15, 0.2) is 6.07 Å². The summed E-state index contributed by atoms with van der Waals surface area (Å²) in [5.74, 6) is 0. The van der Waals surface area contributed by atoms with E-state index in [1.54, 1.807) is 0 Å². The van der Waals surface area contributed by atoms with Gasteiger partial charge in [-0.15, -0.1) is 0 Å². The van der Waals surface area contributed by atoms with Crippen molar-refractivity contribution in [2.75, 3.05) is 0 Å². The quantitative estimate of drug-likeness (QED) is 0.679. The molecule has 0 bridgehead atoms. The van der Waals surface area contributed by atoms with Crippen molar-refractivity contribution in [3.05, 3.63) is 28.7 Å². The Morgan fingerprint density at radius 2 is 1.75 bits per heavy atom. The molecule has 0 aliphatic rings. The summed E-state index contributed by atoms with van der Waals surface area (Å²) in [7, 11) is 0. The van der Waals surface area contributed by atoms with Gasteiger partial charge in [0.2, 0.25) is 0 Å². The molecular weight excluding hydrogens is 198 g/mol. The standard InChI is InChI=1S/C13H19N3/c1-8-7-9(2)16-12(14-8)11(10(3)15-16)13(4,5)6/h7H,1-6H3. The summed E-state index contributed by atoms with van der Waals surface area (Å²) in [4.78, 5) is 4.62. The Balaban J connectivity index is 2.89. The molecule has 0 saturated carbocycles. The van der Waals surface area contributed by atoms with E-state index in [-0.39, 0.29) is 5.41 Å². The second kappa shape index (κ2) is 3.30. The molecule has 0 aliphatic heterocycles. The zero-order chi connectivity index (χ0) is 12.1. The molecule has 0 amide bonds. The van der Waals surface area contributed by atoms with Gasteiger partial charge in [0.1, 0.15) is 0 Å². The normalized spacial score (nSPS) is 12.4. The van der Waals surface area contributed by atoms with Gasteiger partial charge in [0, 0.05) is 17.0 Å². The lowest BCUT2D eigenvalue weighted by Crippen LogP contribution is -2.13. The maximum absolute atomic E-state index is 4.62. The molecule has 2 heterocycles. The fraction of sp³-hybridized carbons (Fsp3) is 0.538. The van der Waals surface area contributed by atoms with Crippen molar-refractivity contribution < 1.29 is 0 Å². The van der Waals surface area contributed by atoms with E-state index in [2.05, 4.69) is 50.8 Å². The minimum atomic E-state index is 0.0824. The van der Waals surface area contributed by atoms with E-state index in [9.17, 15) is 0 Å². The molecule has 0 aromatic carbocycles. The molecule has 0 fully saturated rings. The molecule has 0 saturated heterocycles. The van der Waals surface area contributed by atoms with Crippen molar-refractivity contribution in [1.82, 2.24) is 14.6 Å². The first-order valence-electron chi connectivity index (χ1n) is 5.65. The molecule has 0 N–H and O–H groups in total. The third-order valence-electron chi connectivity index (χ3n) is 2.82. The van der Waals surface area contributed by atoms with Crippen LogP contribution in [0.1, 0.15) is 43.4 Å². The molecule has 3 nitrogen and oxygen atoms in total. The predicted octanol–water partition coefficient (Wildman–Crippen LogP) is 2.95. The van der Waals surface area contributed by atoms with Gasteiger partial charge in [-0.2, -0.15) is 5.10 Å². The van der Waals surface area contributed by atoms with Gasteiger partial charge < -0.3 is 0 Å². The Kier molecular flexibility index (Phi) is 2.30. The predicted molar refractivity (Wildman–Crippen MR) is 65.9 cm³/mol. The molecule has 86 valence electrons. The Morgan fingerprint density at radius 1 is 1.12 bits per heavy atom. The van der Waals surface area contributed by atoms with Crippen LogP contribution in [0.5, 0.6) is 0 Å². The lowest BCUT2D eigenvalue weighted by molar-refractivity contribution is 0.590. The summed E-state index contributed by atoms with van der Waals surface area (Å²) in [6.07, 6.45) is 0. The van der Waals surface area contributed by atoms with Crippen LogP contribution in [0.3, 0.4) is 0 Å². The van der Waals surface area contributed by atoms with Crippen LogP contribution < -0.4 is 0 Å². The number of rotatable bonds is 0. The van der Waals surface area contributed by atoms with E-state index >= 15 is 0 Å². The molecule has 2 aromatic rings. The highest BCUT2D eigenvalue weighted by atomic mass is 15.3. The van der Waals surface area contributed by atoms with Crippen LogP contribution in [-0.4, -0.2) is 14.6 Å². The fourth-order valence-corrected chi connectivity index (χ4v) is 2.31. The Hall–Kier alpha value is -1.38. The Morgan fingerprint density at radius 3 is 2.31 bits per heavy atom. The number of hydrogen-bond donors (Lipinski definition) is 0. The average Bonchev–Trinajstić information content (AvgIpc) is 2.40. The molecule has 0 spiro atoms. The van der Waals surface area contributed by atoms with Crippen LogP contribution in [0.4, 0.5) is 0 Å². The number of fused-ring (bicyclic) bond motifs is 1. The first-order valence-corrected chi connectivity index (χ1v) is 5.65. The maximum atomic E-state index is 4.62. The summed E-state index contributed by atoms with van der Waals surface area (Å²) >= 11 is 0. The van der Waals surface area contributed by atoms with Crippen molar-refractivity contribution in [2.45, 2.75) is 47.0 Å². The zero-order valence-corrected chi connectivity index (χ0v) is 10.9. The van der Waals surface area contributed by atoms with Gasteiger partial charge in [0.15, 0.2) is 5.65 Å². The second-order valence-electron chi connectivity index (χ2n) is 5.48. The molecule has 16 heavy (non-hydrogen) atoms. The van der Waals surface area contributed by atoms with E-state index < -0.39 is 0 Å². The molecule has 0 aliphatic carbocycles. The fourth-order valence-electron chi connectivity index (χ4n) is 2.31. The largest absolute Gasteiger partial charge is 0.234 e. The summed E-state index contributed by atoms with van der Waals surface area (Å²) in [6, 6.07) is 2.06. The minimum Gasteiger partial charge on any atom is -0.234 e. The molecular formula is C13H19N3. The molecule has 2 rings (SSSR count). The van der Waals surface area contributed by atoms with Crippen molar-refractivity contribution >= 4 is 5.65 Å². The van der Waals surface area contributed by atoms with Crippen molar-refractivity contribution in [3.63, 3.8) is 0 Å². The van der Waals surface area contributed by atoms with Gasteiger partial charge in [-0.05, 0) is 32.3 Å². The topological polar surface area (TPSA) is 30.2 Å². The molecule has 0 radical (unpaired) electrons. The van der Waals surface area contributed by atoms with Gasteiger partial charge >= 0.3 is 0 Å². The van der Waals surface area contributed by atoms with Crippen molar-refractivity contribution in [2.24, 2.45) is 0 Å². The van der Waals surface area contributed by atoms with E-state index in [1.807, 2.05) is 11.4 Å². The van der Waals surface area contributed by atoms with Crippen LogP contribution in [0, 0.1) is 20.8 Å². The van der Waals surface area contributed by atoms with Gasteiger partial charge in [-0.25, -0.2) is 9.50 Å². The van der Waals surface area contributed by atoms with Crippen molar-refractivity contribution in [1.29, 1.82) is 0 Å². The minimum absolute atomic E-state index is 0.0824. The van der Waals surface area contributed by atoms with E-state index in [1.165, 1.54) is 5.56 Å². The maximum Gasteiger partial charge on any atom is 0.159 e. The van der Waals surface area contributed by atoms with Gasteiger partial charge in [-0.1, -0.05) is 20.8 Å². The monoisotopic (exact) mass is 217 g/mol. The number of aryl methyl sites for hydroxylation is 3. The number of nitrogens with zero attached hydrogens (tertiary/aromatic N) is 3. The van der Waals surface area contributed by atoms with Gasteiger partial charge in [0.25, 0.3) is 0 Å². The summed E-state index contributed by atoms with van der Waals surface area (Å²) in [5.41, 5.74) is 5.60. The third-order valence-corrected chi connectivity index (χ3v) is 2.82. The average molecular weight is 217 g/mol. The molecule has 2 aromatic heterocycles. The third kappa shape index (κ3) is 1.60. The van der Waals surface area contributed by atoms with Crippen LogP contribution in [-0.2, 0) is 5.41 Å². The Bertz CT molecular complexity index is 544. The van der Waals surface area contributed by atoms with Crippen LogP contribution in [0.25, 0.3) is 5.65 Å². The second-order valence-corrected chi connectivity index (χ2v) is 5.48. The highest BCUT2D eigenvalue weighted by Gasteiger charge is 2.23. The number of hydrogen-bond acceptors (Lipinski definition) is 2. The summed E-state index contributed by atoms with van der Waals surface area (Å²) in [6.45, 7) is 12.8. The Labute approximate surface area is 96.5 Å². The van der Waals surface area contributed by atoms with Crippen LogP contribution >= 0.6 is 0 Å². The zero-order valence-electron chi connectivity index (χ0n) is 10.9. The lowest BCUT2D eigenvalue weighted by Gasteiger charge is -2.17. The van der Waals surface area contributed by atoms with Gasteiger partial charge in [-0.3, -0.25) is 0 Å². The van der Waals surface area contributed by atoms with E-state index in [0.717, 1.165) is 22.7 Å². The highest BCUT2D eigenvalue weighted by molar-refractivity contribution is 5.54. The molecule has 0 atom stereocenters. The van der Waals surface area contributed by atoms with Crippen molar-refractivity contribution in [3.8, 4) is 0 Å². The van der Waals surface area contributed by atoms with Gasteiger partial charge in [0.05, 0.1) is 5.69 Å². The first kappa shape index (κ1) is 11.1. The molecule has 0 unspecified atom stereocenters.